The predicted octanol–water partition coefficient (Wildman–Crippen LogP) is 3.02. The van der Waals surface area contributed by atoms with Gasteiger partial charge < -0.3 is 19.3 Å². The maximum Gasteiger partial charge on any atom is 0.255 e. The molecule has 0 aliphatic carbocycles. The largest absolute Gasteiger partial charge is 0.486 e. The van der Waals surface area contributed by atoms with E-state index < -0.39 is 6.04 Å². The number of carbonyl (C=O) groups excluding carboxylic acids is 2. The fourth-order valence-electron chi connectivity index (χ4n) is 3.61. The van der Waals surface area contributed by atoms with Gasteiger partial charge in [0.1, 0.15) is 19.3 Å². The number of likely N-dealkylation sites (N-methyl/N-ethyl adjacent to an activating group) is 1. The van der Waals surface area contributed by atoms with Crippen LogP contribution in [0.15, 0.2) is 48.5 Å². The van der Waals surface area contributed by atoms with Gasteiger partial charge in [0.25, 0.3) is 5.91 Å². The Morgan fingerprint density at radius 3 is 2.69 bits per heavy atom. The van der Waals surface area contributed by atoms with Crippen LogP contribution in [0, 0.1) is 0 Å². The first-order valence-corrected chi connectivity index (χ1v) is 10.9. The van der Waals surface area contributed by atoms with E-state index in [4.69, 9.17) is 9.47 Å². The number of rotatable bonds is 5. The van der Waals surface area contributed by atoms with Gasteiger partial charge in [0.05, 0.1) is 5.88 Å². The fraction of sp³-hybridized carbons (Fsp3) is 0.364. The van der Waals surface area contributed by atoms with E-state index in [2.05, 4.69) is 0 Å². The molecule has 1 fully saturated rings. The van der Waals surface area contributed by atoms with Gasteiger partial charge in [0.15, 0.2) is 11.5 Å². The lowest BCUT2D eigenvalue weighted by molar-refractivity contribution is -0.135. The summed E-state index contributed by atoms with van der Waals surface area (Å²) in [4.78, 5) is 29.7. The van der Waals surface area contributed by atoms with Crippen molar-refractivity contribution in [3.63, 3.8) is 0 Å². The van der Waals surface area contributed by atoms with Gasteiger partial charge in [-0.1, -0.05) is 30.3 Å². The minimum absolute atomic E-state index is 0.0314. The van der Waals surface area contributed by atoms with Gasteiger partial charge in [-0.25, -0.2) is 0 Å². The third-order valence-electron chi connectivity index (χ3n) is 5.15. The van der Waals surface area contributed by atoms with Gasteiger partial charge in [-0.3, -0.25) is 9.59 Å². The highest BCUT2D eigenvalue weighted by molar-refractivity contribution is 7.99. The second-order valence-electron chi connectivity index (χ2n) is 6.95. The third-order valence-corrected chi connectivity index (χ3v) is 6.16. The Hall–Kier alpha value is -2.67. The zero-order valence-corrected chi connectivity index (χ0v) is 17.2. The molecule has 7 heteroatoms. The molecular formula is C22H24N2O4S. The summed E-state index contributed by atoms with van der Waals surface area (Å²) in [5.74, 6) is 2.44. The third kappa shape index (κ3) is 4.05. The van der Waals surface area contributed by atoms with Crippen LogP contribution in [-0.2, 0) is 11.3 Å². The number of thioether (sulfide) groups is 1. The van der Waals surface area contributed by atoms with Gasteiger partial charge in [-0.15, -0.1) is 11.8 Å². The van der Waals surface area contributed by atoms with Crippen LogP contribution in [0.5, 0.6) is 11.5 Å². The van der Waals surface area contributed by atoms with Crippen LogP contribution in [0.1, 0.15) is 22.8 Å². The SMILES string of the molecule is CCN(Cc1cccc2c1OCCO2)C(=O)[C@@H]1CSCN1C(=O)c1ccccc1. The summed E-state index contributed by atoms with van der Waals surface area (Å²) >= 11 is 1.61. The fourth-order valence-corrected chi connectivity index (χ4v) is 4.76. The number of hydrogen-bond donors (Lipinski definition) is 0. The molecule has 6 nitrogen and oxygen atoms in total. The van der Waals surface area contributed by atoms with Gasteiger partial charge in [0.2, 0.25) is 5.91 Å². The normalized spacial score (nSPS) is 17.8. The molecule has 2 heterocycles. The molecule has 2 amide bonds. The number of nitrogens with zero attached hydrogens (tertiary/aromatic N) is 2. The Morgan fingerprint density at radius 2 is 1.90 bits per heavy atom. The van der Waals surface area contributed by atoms with Gasteiger partial charge in [-0.2, -0.15) is 0 Å². The lowest BCUT2D eigenvalue weighted by Gasteiger charge is -2.30. The van der Waals surface area contributed by atoms with Gasteiger partial charge in [0, 0.05) is 30.0 Å². The lowest BCUT2D eigenvalue weighted by Crippen LogP contribution is -2.48. The summed E-state index contributed by atoms with van der Waals surface area (Å²) in [5.41, 5.74) is 1.53. The van der Waals surface area contributed by atoms with Crippen molar-refractivity contribution in [2.75, 3.05) is 31.4 Å². The molecule has 152 valence electrons. The molecule has 0 aromatic heterocycles. The molecule has 2 aliphatic rings. The van der Waals surface area contributed by atoms with E-state index in [1.807, 2.05) is 43.3 Å². The van der Waals surface area contributed by atoms with E-state index in [9.17, 15) is 9.59 Å². The van der Waals surface area contributed by atoms with E-state index in [1.165, 1.54) is 0 Å². The summed E-state index contributed by atoms with van der Waals surface area (Å²) in [6.45, 7) is 3.97. The van der Waals surface area contributed by atoms with E-state index in [0.717, 1.165) is 11.3 Å². The number of amides is 2. The highest BCUT2D eigenvalue weighted by atomic mass is 32.2. The highest BCUT2D eigenvalue weighted by Crippen LogP contribution is 2.34. The van der Waals surface area contributed by atoms with Crippen molar-refractivity contribution in [2.24, 2.45) is 0 Å². The maximum absolute atomic E-state index is 13.3. The maximum atomic E-state index is 13.3. The Balaban J connectivity index is 1.52. The summed E-state index contributed by atoms with van der Waals surface area (Å²) < 4.78 is 11.4. The molecule has 0 spiro atoms. The van der Waals surface area contributed by atoms with Crippen LogP contribution >= 0.6 is 11.8 Å². The van der Waals surface area contributed by atoms with E-state index in [-0.39, 0.29) is 11.8 Å². The molecule has 0 saturated carbocycles. The van der Waals surface area contributed by atoms with Crippen molar-refractivity contribution < 1.29 is 19.1 Å². The first kappa shape index (κ1) is 19.6. The summed E-state index contributed by atoms with van der Waals surface area (Å²) in [6.07, 6.45) is 0. The van der Waals surface area contributed by atoms with Crippen molar-refractivity contribution >= 4 is 23.6 Å². The topological polar surface area (TPSA) is 59.1 Å². The van der Waals surface area contributed by atoms with Crippen LogP contribution in [-0.4, -0.2) is 59.0 Å². The quantitative estimate of drug-likeness (QED) is 0.756. The van der Waals surface area contributed by atoms with Crippen LogP contribution in [0.25, 0.3) is 0 Å². The molecule has 0 unspecified atom stereocenters. The van der Waals surface area contributed by atoms with Crippen LogP contribution in [0.3, 0.4) is 0 Å². The van der Waals surface area contributed by atoms with Crippen molar-refractivity contribution in [1.82, 2.24) is 9.80 Å². The standard InChI is InChI=1S/C22H24N2O4S/c1-2-23(13-17-9-6-10-19-20(17)28-12-11-27-19)22(26)18-14-29-15-24(18)21(25)16-7-4-3-5-8-16/h3-10,18H,2,11-15H2,1H3/t18-/m0/s1. The second kappa shape index (κ2) is 8.78. The van der Waals surface area contributed by atoms with Crippen LogP contribution < -0.4 is 9.47 Å². The van der Waals surface area contributed by atoms with Gasteiger partial charge >= 0.3 is 0 Å². The second-order valence-corrected chi connectivity index (χ2v) is 7.95. The number of benzene rings is 2. The first-order valence-electron chi connectivity index (χ1n) is 9.79. The highest BCUT2D eigenvalue weighted by Gasteiger charge is 2.37. The zero-order valence-electron chi connectivity index (χ0n) is 16.4. The molecule has 2 aromatic rings. The number of hydrogen-bond acceptors (Lipinski definition) is 5. The molecule has 4 rings (SSSR count). The minimum Gasteiger partial charge on any atom is -0.486 e. The zero-order chi connectivity index (χ0) is 20.2. The Bertz CT molecular complexity index is 890. The molecule has 1 atom stereocenters. The average molecular weight is 413 g/mol. The number of fused-ring (bicyclic) bond motifs is 1. The Morgan fingerprint density at radius 1 is 1.10 bits per heavy atom. The number of para-hydroxylation sites is 1. The Kier molecular flexibility index (Phi) is 5.94. The molecule has 0 N–H and O–H groups in total. The molecule has 29 heavy (non-hydrogen) atoms. The minimum atomic E-state index is -0.454. The molecule has 2 aromatic carbocycles. The first-order chi connectivity index (χ1) is 14.2. The molecule has 0 bridgehead atoms. The predicted molar refractivity (Wildman–Crippen MR) is 112 cm³/mol. The molecule has 1 saturated heterocycles. The van der Waals surface area contributed by atoms with Crippen molar-refractivity contribution in [3.05, 3.63) is 59.7 Å². The molecule has 0 radical (unpaired) electrons. The monoisotopic (exact) mass is 412 g/mol. The Labute approximate surface area is 174 Å². The lowest BCUT2D eigenvalue weighted by atomic mass is 10.1. The smallest absolute Gasteiger partial charge is 0.255 e. The number of ether oxygens (including phenoxy) is 2. The van der Waals surface area contributed by atoms with Crippen LogP contribution in [0.4, 0.5) is 0 Å². The summed E-state index contributed by atoms with van der Waals surface area (Å²) in [7, 11) is 0. The van der Waals surface area contributed by atoms with Crippen molar-refractivity contribution in [2.45, 2.75) is 19.5 Å². The van der Waals surface area contributed by atoms with E-state index >= 15 is 0 Å². The van der Waals surface area contributed by atoms with E-state index in [1.54, 1.807) is 33.7 Å². The summed E-state index contributed by atoms with van der Waals surface area (Å²) in [5, 5.41) is 0. The van der Waals surface area contributed by atoms with Gasteiger partial charge in [-0.05, 0) is 25.1 Å². The average Bonchev–Trinajstić information content (AvgIpc) is 3.27. The van der Waals surface area contributed by atoms with Crippen LogP contribution in [0.2, 0.25) is 0 Å². The molecule has 2 aliphatic heterocycles. The van der Waals surface area contributed by atoms with Crippen molar-refractivity contribution in [3.8, 4) is 11.5 Å². The number of carbonyl (C=O) groups is 2. The van der Waals surface area contributed by atoms with Crippen molar-refractivity contribution in [1.29, 1.82) is 0 Å². The van der Waals surface area contributed by atoms with E-state index in [0.29, 0.717) is 49.2 Å². The molecular weight excluding hydrogens is 388 g/mol. The summed E-state index contributed by atoms with van der Waals surface area (Å²) in [6, 6.07) is 14.4.